The van der Waals surface area contributed by atoms with Crippen LogP contribution in [0.3, 0.4) is 0 Å². The lowest BCUT2D eigenvalue weighted by atomic mass is 9.82. The molecule has 22 heavy (non-hydrogen) atoms. The van der Waals surface area contributed by atoms with E-state index >= 15 is 0 Å². The Morgan fingerprint density at radius 3 is 1.82 bits per heavy atom. The van der Waals surface area contributed by atoms with Gasteiger partial charge in [-0.1, -0.05) is 75.4 Å². The highest BCUT2D eigenvalue weighted by atomic mass is 16.3. The Hall–Kier alpha value is -2.28. The summed E-state index contributed by atoms with van der Waals surface area (Å²) in [5.74, 6) is 1.83. The normalized spacial score (nSPS) is 11.6. The SMILES string of the molecule is CCC(C)(C)c1ccc(-c2ccc(-c3ccccc3)o2)cc1. The zero-order chi connectivity index (χ0) is 15.6. The minimum absolute atomic E-state index is 0.219. The molecule has 1 heteroatoms. The quantitative estimate of drug-likeness (QED) is 0.549. The molecular weight excluding hydrogens is 268 g/mol. The standard InChI is InChI=1S/C21H22O/c1-4-21(2,3)18-12-10-17(11-13-18)20-15-14-19(22-20)16-8-6-5-7-9-16/h5-15H,4H2,1-3H3. The highest BCUT2D eigenvalue weighted by molar-refractivity contribution is 5.65. The van der Waals surface area contributed by atoms with Crippen LogP contribution in [0.5, 0.6) is 0 Å². The molecule has 0 aliphatic carbocycles. The molecular formula is C21H22O. The third-order valence-corrected chi connectivity index (χ3v) is 4.50. The molecule has 0 N–H and O–H groups in total. The average molecular weight is 290 g/mol. The second-order valence-corrected chi connectivity index (χ2v) is 6.34. The Balaban J connectivity index is 1.88. The molecule has 1 aromatic heterocycles. The van der Waals surface area contributed by atoms with Gasteiger partial charge in [0, 0.05) is 11.1 Å². The van der Waals surface area contributed by atoms with Crippen molar-refractivity contribution < 1.29 is 4.42 Å². The van der Waals surface area contributed by atoms with Crippen molar-refractivity contribution in [3.63, 3.8) is 0 Å². The number of rotatable bonds is 4. The monoisotopic (exact) mass is 290 g/mol. The second-order valence-electron chi connectivity index (χ2n) is 6.34. The van der Waals surface area contributed by atoms with E-state index < -0.39 is 0 Å². The van der Waals surface area contributed by atoms with Crippen LogP contribution in [0.1, 0.15) is 32.8 Å². The average Bonchev–Trinajstić information content (AvgIpc) is 3.06. The van der Waals surface area contributed by atoms with E-state index in [0.717, 1.165) is 29.1 Å². The predicted octanol–water partition coefficient (Wildman–Crippen LogP) is 6.30. The van der Waals surface area contributed by atoms with Gasteiger partial charge >= 0.3 is 0 Å². The molecule has 0 spiro atoms. The summed E-state index contributed by atoms with van der Waals surface area (Å²) in [7, 11) is 0. The van der Waals surface area contributed by atoms with E-state index in [0.29, 0.717) is 0 Å². The van der Waals surface area contributed by atoms with Crippen molar-refractivity contribution >= 4 is 0 Å². The topological polar surface area (TPSA) is 13.1 Å². The van der Waals surface area contributed by atoms with E-state index in [2.05, 4.69) is 57.2 Å². The molecule has 0 radical (unpaired) electrons. The third-order valence-electron chi connectivity index (χ3n) is 4.50. The minimum Gasteiger partial charge on any atom is -0.456 e. The molecule has 0 unspecified atom stereocenters. The van der Waals surface area contributed by atoms with Gasteiger partial charge in [-0.3, -0.25) is 0 Å². The number of benzene rings is 2. The fourth-order valence-electron chi connectivity index (χ4n) is 2.54. The summed E-state index contributed by atoms with van der Waals surface area (Å²) in [6.07, 6.45) is 1.13. The Labute approximate surface area is 132 Å². The van der Waals surface area contributed by atoms with Crippen molar-refractivity contribution in [1.29, 1.82) is 0 Å². The molecule has 3 aromatic rings. The van der Waals surface area contributed by atoms with Crippen LogP contribution >= 0.6 is 0 Å². The highest BCUT2D eigenvalue weighted by Crippen LogP contribution is 2.31. The molecule has 0 amide bonds. The molecule has 112 valence electrons. The maximum Gasteiger partial charge on any atom is 0.134 e. The predicted molar refractivity (Wildman–Crippen MR) is 92.9 cm³/mol. The van der Waals surface area contributed by atoms with Crippen molar-refractivity contribution in [2.45, 2.75) is 32.6 Å². The minimum atomic E-state index is 0.219. The van der Waals surface area contributed by atoms with Gasteiger partial charge in [-0.2, -0.15) is 0 Å². The molecule has 0 saturated heterocycles. The van der Waals surface area contributed by atoms with E-state index in [9.17, 15) is 0 Å². The lowest BCUT2D eigenvalue weighted by Gasteiger charge is -2.23. The summed E-state index contributed by atoms with van der Waals surface area (Å²) in [5, 5.41) is 0. The van der Waals surface area contributed by atoms with Gasteiger partial charge in [-0.15, -0.1) is 0 Å². The van der Waals surface area contributed by atoms with Crippen molar-refractivity contribution in [2.75, 3.05) is 0 Å². The summed E-state index contributed by atoms with van der Waals surface area (Å²) in [6, 6.07) is 23.0. The fraction of sp³-hybridized carbons (Fsp3) is 0.238. The van der Waals surface area contributed by atoms with Crippen LogP contribution in [0.25, 0.3) is 22.6 Å². The van der Waals surface area contributed by atoms with E-state index in [1.54, 1.807) is 0 Å². The Morgan fingerprint density at radius 1 is 0.727 bits per heavy atom. The smallest absolute Gasteiger partial charge is 0.134 e. The zero-order valence-electron chi connectivity index (χ0n) is 13.5. The van der Waals surface area contributed by atoms with Crippen molar-refractivity contribution in [1.82, 2.24) is 0 Å². The lowest BCUT2D eigenvalue weighted by molar-refractivity contribution is 0.506. The third kappa shape index (κ3) is 2.85. The van der Waals surface area contributed by atoms with Crippen molar-refractivity contribution in [3.05, 3.63) is 72.3 Å². The van der Waals surface area contributed by atoms with Crippen LogP contribution in [-0.4, -0.2) is 0 Å². The van der Waals surface area contributed by atoms with Crippen LogP contribution < -0.4 is 0 Å². The first-order valence-electron chi connectivity index (χ1n) is 7.86. The fourth-order valence-corrected chi connectivity index (χ4v) is 2.54. The lowest BCUT2D eigenvalue weighted by Crippen LogP contribution is -2.14. The highest BCUT2D eigenvalue weighted by Gasteiger charge is 2.17. The molecule has 1 nitrogen and oxygen atoms in total. The van der Waals surface area contributed by atoms with Gasteiger partial charge in [0.2, 0.25) is 0 Å². The van der Waals surface area contributed by atoms with Crippen molar-refractivity contribution in [3.8, 4) is 22.6 Å². The van der Waals surface area contributed by atoms with Gasteiger partial charge in [0.05, 0.1) is 0 Å². The molecule has 2 aromatic carbocycles. The van der Waals surface area contributed by atoms with Crippen LogP contribution in [0, 0.1) is 0 Å². The summed E-state index contributed by atoms with van der Waals surface area (Å²) in [6.45, 7) is 6.79. The number of furan rings is 1. The molecule has 0 saturated carbocycles. The van der Waals surface area contributed by atoms with Gasteiger partial charge in [-0.25, -0.2) is 0 Å². The largest absolute Gasteiger partial charge is 0.456 e. The molecule has 0 aliphatic heterocycles. The summed E-state index contributed by atoms with van der Waals surface area (Å²) in [4.78, 5) is 0. The Kier molecular flexibility index (Phi) is 3.89. The van der Waals surface area contributed by atoms with E-state index in [-0.39, 0.29) is 5.41 Å². The first-order valence-corrected chi connectivity index (χ1v) is 7.86. The van der Waals surface area contributed by atoms with Gasteiger partial charge < -0.3 is 4.42 Å². The van der Waals surface area contributed by atoms with Crippen molar-refractivity contribution in [2.24, 2.45) is 0 Å². The maximum absolute atomic E-state index is 6.01. The second kappa shape index (κ2) is 5.84. The molecule has 0 fully saturated rings. The molecule has 3 rings (SSSR count). The molecule has 1 heterocycles. The van der Waals surface area contributed by atoms with E-state index in [4.69, 9.17) is 4.42 Å². The maximum atomic E-state index is 6.01. The van der Waals surface area contributed by atoms with E-state index in [1.807, 2.05) is 30.3 Å². The zero-order valence-corrected chi connectivity index (χ0v) is 13.5. The summed E-state index contributed by atoms with van der Waals surface area (Å²) >= 11 is 0. The first-order chi connectivity index (χ1) is 10.6. The Morgan fingerprint density at radius 2 is 1.27 bits per heavy atom. The molecule has 0 aliphatic rings. The number of hydrogen-bond acceptors (Lipinski definition) is 1. The van der Waals surface area contributed by atoms with Crippen LogP contribution in [0.4, 0.5) is 0 Å². The summed E-state index contributed by atoms with van der Waals surface area (Å²) < 4.78 is 6.01. The van der Waals surface area contributed by atoms with Gasteiger partial charge in [-0.05, 0) is 29.5 Å². The van der Waals surface area contributed by atoms with Crippen LogP contribution in [0.15, 0.2) is 71.1 Å². The Bertz CT molecular complexity index is 733. The molecule has 0 bridgehead atoms. The van der Waals surface area contributed by atoms with E-state index in [1.165, 1.54) is 5.56 Å². The van der Waals surface area contributed by atoms with Gasteiger partial charge in [0.15, 0.2) is 0 Å². The van der Waals surface area contributed by atoms with Gasteiger partial charge in [0.1, 0.15) is 11.5 Å². The molecule has 0 atom stereocenters. The van der Waals surface area contributed by atoms with Crippen LogP contribution in [0.2, 0.25) is 0 Å². The van der Waals surface area contributed by atoms with Crippen LogP contribution in [-0.2, 0) is 5.41 Å². The first kappa shape index (κ1) is 14.6. The summed E-state index contributed by atoms with van der Waals surface area (Å²) in [5.41, 5.74) is 3.82. The van der Waals surface area contributed by atoms with Gasteiger partial charge in [0.25, 0.3) is 0 Å². The number of hydrogen-bond donors (Lipinski definition) is 0.